The first-order valence-corrected chi connectivity index (χ1v) is 7.63. The van der Waals surface area contributed by atoms with E-state index in [1.54, 1.807) is 12.3 Å². The van der Waals surface area contributed by atoms with E-state index in [-0.39, 0.29) is 29.5 Å². The van der Waals surface area contributed by atoms with Gasteiger partial charge in [-0.1, -0.05) is 0 Å². The SMILES string of the molecule is CC1CN(S(=O)(=O)c2cccnc2)CC(CCl)O1. The number of alkyl halides is 1. The lowest BCUT2D eigenvalue weighted by Gasteiger charge is -2.35. The van der Waals surface area contributed by atoms with E-state index >= 15 is 0 Å². The lowest BCUT2D eigenvalue weighted by Crippen LogP contribution is -2.49. The summed E-state index contributed by atoms with van der Waals surface area (Å²) in [5.41, 5.74) is 0. The van der Waals surface area contributed by atoms with Gasteiger partial charge in [0.15, 0.2) is 0 Å². The van der Waals surface area contributed by atoms with Gasteiger partial charge in [0.05, 0.1) is 12.2 Å². The molecule has 5 nitrogen and oxygen atoms in total. The molecule has 2 atom stereocenters. The third-order valence-electron chi connectivity index (χ3n) is 2.74. The van der Waals surface area contributed by atoms with Crippen molar-refractivity contribution >= 4 is 21.6 Å². The van der Waals surface area contributed by atoms with Crippen LogP contribution in [0, 0.1) is 0 Å². The lowest BCUT2D eigenvalue weighted by atomic mass is 10.3. The molecule has 1 saturated heterocycles. The van der Waals surface area contributed by atoms with Gasteiger partial charge in [0, 0.05) is 31.4 Å². The fraction of sp³-hybridized carbons (Fsp3) is 0.545. The second-order valence-corrected chi connectivity index (χ2v) is 6.48. The van der Waals surface area contributed by atoms with E-state index in [1.165, 1.54) is 16.6 Å². The zero-order valence-corrected chi connectivity index (χ0v) is 11.6. The van der Waals surface area contributed by atoms with E-state index in [9.17, 15) is 8.42 Å². The van der Waals surface area contributed by atoms with Crippen LogP contribution in [0.2, 0.25) is 0 Å². The number of pyridine rings is 1. The van der Waals surface area contributed by atoms with Crippen molar-refractivity contribution in [2.45, 2.75) is 24.0 Å². The number of aromatic nitrogens is 1. The monoisotopic (exact) mass is 290 g/mol. The molecule has 0 N–H and O–H groups in total. The number of halogens is 1. The van der Waals surface area contributed by atoms with Crippen molar-refractivity contribution in [3.63, 3.8) is 0 Å². The van der Waals surface area contributed by atoms with Crippen LogP contribution >= 0.6 is 11.6 Å². The Balaban J connectivity index is 2.25. The standard InChI is InChI=1S/C11H15ClN2O3S/c1-9-7-14(8-10(5-12)17-9)18(15,16)11-3-2-4-13-6-11/h2-4,6,9-10H,5,7-8H2,1H3. The topological polar surface area (TPSA) is 59.5 Å². The molecule has 0 spiro atoms. The fourth-order valence-corrected chi connectivity index (χ4v) is 3.61. The molecule has 7 heteroatoms. The van der Waals surface area contributed by atoms with Gasteiger partial charge in [-0.25, -0.2) is 8.42 Å². The van der Waals surface area contributed by atoms with E-state index in [2.05, 4.69) is 4.98 Å². The molecular formula is C11H15ClN2O3S. The molecule has 0 radical (unpaired) electrons. The molecule has 18 heavy (non-hydrogen) atoms. The van der Waals surface area contributed by atoms with Gasteiger partial charge in [0.25, 0.3) is 0 Å². The van der Waals surface area contributed by atoms with E-state index in [4.69, 9.17) is 16.3 Å². The Bertz CT molecular complexity index is 494. The zero-order valence-electron chi connectivity index (χ0n) is 9.99. The summed E-state index contributed by atoms with van der Waals surface area (Å²) in [5, 5.41) is 0. The molecule has 0 bridgehead atoms. The van der Waals surface area contributed by atoms with Crippen LogP contribution in [0.3, 0.4) is 0 Å². The normalized spacial score (nSPS) is 26.1. The summed E-state index contributed by atoms with van der Waals surface area (Å²) in [5.74, 6) is 0.281. The second-order valence-electron chi connectivity index (χ2n) is 4.23. The third-order valence-corrected chi connectivity index (χ3v) is 4.90. The minimum Gasteiger partial charge on any atom is -0.371 e. The van der Waals surface area contributed by atoms with E-state index in [0.717, 1.165) is 0 Å². The summed E-state index contributed by atoms with van der Waals surface area (Å²) in [6, 6.07) is 3.15. The van der Waals surface area contributed by atoms with E-state index in [1.807, 2.05) is 6.92 Å². The lowest BCUT2D eigenvalue weighted by molar-refractivity contribution is -0.0423. The van der Waals surface area contributed by atoms with Crippen molar-refractivity contribution in [2.75, 3.05) is 19.0 Å². The molecule has 1 aliphatic heterocycles. The molecular weight excluding hydrogens is 276 g/mol. The fourth-order valence-electron chi connectivity index (χ4n) is 1.93. The van der Waals surface area contributed by atoms with Crippen molar-refractivity contribution in [3.05, 3.63) is 24.5 Å². The highest BCUT2D eigenvalue weighted by atomic mass is 35.5. The number of ether oxygens (including phenoxy) is 1. The highest BCUT2D eigenvalue weighted by Crippen LogP contribution is 2.20. The van der Waals surface area contributed by atoms with Crippen molar-refractivity contribution in [3.8, 4) is 0 Å². The smallest absolute Gasteiger partial charge is 0.244 e. The molecule has 100 valence electrons. The summed E-state index contributed by atoms with van der Waals surface area (Å²) < 4.78 is 31.7. The van der Waals surface area contributed by atoms with Crippen molar-refractivity contribution in [2.24, 2.45) is 0 Å². The first-order chi connectivity index (χ1) is 8.54. The molecule has 1 aromatic rings. The maximum absolute atomic E-state index is 12.4. The number of hydrogen-bond acceptors (Lipinski definition) is 4. The minimum atomic E-state index is -3.51. The maximum Gasteiger partial charge on any atom is 0.244 e. The molecule has 0 saturated carbocycles. The molecule has 2 unspecified atom stereocenters. The summed E-state index contributed by atoms with van der Waals surface area (Å²) in [4.78, 5) is 4.04. The summed E-state index contributed by atoms with van der Waals surface area (Å²) in [6.07, 6.45) is 2.48. The van der Waals surface area contributed by atoms with Crippen LogP contribution in [-0.2, 0) is 14.8 Å². The Hall–Kier alpha value is -0.690. The van der Waals surface area contributed by atoms with Crippen LogP contribution < -0.4 is 0 Å². The van der Waals surface area contributed by atoms with Crippen molar-refractivity contribution in [1.29, 1.82) is 0 Å². The first kappa shape index (κ1) is 13.7. The largest absolute Gasteiger partial charge is 0.371 e. The summed E-state index contributed by atoms with van der Waals surface area (Å²) in [7, 11) is -3.51. The average Bonchev–Trinajstić information content (AvgIpc) is 2.39. The molecule has 0 aromatic carbocycles. The predicted octanol–water partition coefficient (Wildman–Crippen LogP) is 1.10. The highest BCUT2D eigenvalue weighted by Gasteiger charge is 2.33. The van der Waals surface area contributed by atoms with Gasteiger partial charge >= 0.3 is 0 Å². The van der Waals surface area contributed by atoms with E-state index in [0.29, 0.717) is 6.54 Å². The number of morpholine rings is 1. The van der Waals surface area contributed by atoms with E-state index < -0.39 is 10.0 Å². The first-order valence-electron chi connectivity index (χ1n) is 5.65. The van der Waals surface area contributed by atoms with Crippen LogP contribution in [0.1, 0.15) is 6.92 Å². The maximum atomic E-state index is 12.4. The second kappa shape index (κ2) is 5.52. The number of sulfonamides is 1. The van der Waals surface area contributed by atoms with Gasteiger partial charge in [0.2, 0.25) is 10.0 Å². The molecule has 1 fully saturated rings. The Morgan fingerprint density at radius 3 is 2.94 bits per heavy atom. The molecule has 2 heterocycles. The molecule has 0 aliphatic carbocycles. The number of nitrogens with zero attached hydrogens (tertiary/aromatic N) is 2. The van der Waals surface area contributed by atoms with Crippen LogP contribution in [0.4, 0.5) is 0 Å². The van der Waals surface area contributed by atoms with Crippen LogP contribution in [0.5, 0.6) is 0 Å². The van der Waals surface area contributed by atoms with Gasteiger partial charge in [0.1, 0.15) is 4.90 Å². The van der Waals surface area contributed by atoms with Gasteiger partial charge in [-0.15, -0.1) is 11.6 Å². The Labute approximate surface area is 112 Å². The molecule has 0 amide bonds. The van der Waals surface area contributed by atoms with Crippen molar-refractivity contribution < 1.29 is 13.2 Å². The quantitative estimate of drug-likeness (QED) is 0.782. The van der Waals surface area contributed by atoms with Gasteiger partial charge in [-0.2, -0.15) is 4.31 Å². The Morgan fingerprint density at radius 2 is 2.33 bits per heavy atom. The molecule has 1 aromatic heterocycles. The Kier molecular flexibility index (Phi) is 4.21. The van der Waals surface area contributed by atoms with Crippen LogP contribution in [0.25, 0.3) is 0 Å². The van der Waals surface area contributed by atoms with Gasteiger partial charge in [-0.05, 0) is 19.1 Å². The molecule has 1 aliphatic rings. The van der Waals surface area contributed by atoms with Crippen LogP contribution in [-0.4, -0.2) is 48.9 Å². The molecule has 2 rings (SSSR count). The predicted molar refractivity (Wildman–Crippen MR) is 68.1 cm³/mol. The zero-order chi connectivity index (χ0) is 13.2. The van der Waals surface area contributed by atoms with Gasteiger partial charge in [-0.3, -0.25) is 4.98 Å². The Morgan fingerprint density at radius 1 is 1.56 bits per heavy atom. The van der Waals surface area contributed by atoms with Gasteiger partial charge < -0.3 is 4.74 Å². The summed E-state index contributed by atoms with van der Waals surface area (Å²) in [6.45, 7) is 2.46. The third kappa shape index (κ3) is 2.83. The number of hydrogen-bond donors (Lipinski definition) is 0. The average molecular weight is 291 g/mol. The highest BCUT2D eigenvalue weighted by molar-refractivity contribution is 7.89. The number of rotatable bonds is 3. The van der Waals surface area contributed by atoms with Crippen LogP contribution in [0.15, 0.2) is 29.4 Å². The summed E-state index contributed by atoms with van der Waals surface area (Å²) >= 11 is 5.75. The van der Waals surface area contributed by atoms with Crippen molar-refractivity contribution in [1.82, 2.24) is 9.29 Å². The minimum absolute atomic E-state index is 0.158.